The second-order valence-corrected chi connectivity index (χ2v) is 7.03. The molecule has 1 aromatic heterocycles. The third kappa shape index (κ3) is 4.12. The van der Waals surface area contributed by atoms with Gasteiger partial charge in [0.05, 0.1) is 30.2 Å². The van der Waals surface area contributed by atoms with E-state index >= 15 is 0 Å². The van der Waals surface area contributed by atoms with Gasteiger partial charge < -0.3 is 15.0 Å². The monoisotopic (exact) mass is 382 g/mol. The first kappa shape index (κ1) is 18.4. The number of benzene rings is 1. The molecule has 1 N–H and O–H groups in total. The van der Waals surface area contributed by atoms with Crippen LogP contribution in [0, 0.1) is 0 Å². The molecular weight excluding hydrogens is 360 g/mol. The molecule has 2 aliphatic rings. The van der Waals surface area contributed by atoms with Crippen molar-refractivity contribution in [2.24, 2.45) is 0 Å². The van der Waals surface area contributed by atoms with Crippen molar-refractivity contribution >= 4 is 17.5 Å². The van der Waals surface area contributed by atoms with E-state index in [-0.39, 0.29) is 18.0 Å². The number of carbonyl (C=O) groups excluding carboxylic acids is 2. The number of nitrogens with zero attached hydrogens (tertiary/aromatic N) is 3. The molecule has 0 radical (unpaired) electrons. The van der Waals surface area contributed by atoms with E-state index in [0.29, 0.717) is 43.5 Å². The third-order valence-electron chi connectivity index (χ3n) is 4.91. The number of aromatic nitrogens is 2. The first-order chi connectivity index (χ1) is 13.6. The fourth-order valence-corrected chi connectivity index (χ4v) is 3.22. The number of nitrogens with one attached hydrogen (secondary N) is 1. The number of hydrogen-bond acceptors (Lipinski definition) is 5. The minimum atomic E-state index is -0.398. The van der Waals surface area contributed by atoms with Crippen molar-refractivity contribution < 1.29 is 14.3 Å². The first-order valence-corrected chi connectivity index (χ1v) is 9.46. The number of hydrogen-bond donors (Lipinski definition) is 1. The highest BCUT2D eigenvalue weighted by Gasteiger charge is 2.26. The van der Waals surface area contributed by atoms with Crippen molar-refractivity contribution in [3.05, 3.63) is 58.0 Å². The summed E-state index contributed by atoms with van der Waals surface area (Å²) in [5.74, 6) is -0.156. The highest BCUT2D eigenvalue weighted by molar-refractivity contribution is 6.03. The van der Waals surface area contributed by atoms with Crippen LogP contribution in [0.3, 0.4) is 0 Å². The van der Waals surface area contributed by atoms with Crippen molar-refractivity contribution in [1.29, 1.82) is 0 Å². The Morgan fingerprint density at radius 2 is 1.86 bits per heavy atom. The van der Waals surface area contributed by atoms with Crippen LogP contribution in [0.2, 0.25) is 0 Å². The lowest BCUT2D eigenvalue weighted by atomic mass is 10.1. The molecule has 0 spiro atoms. The molecule has 2 fully saturated rings. The summed E-state index contributed by atoms with van der Waals surface area (Å²) in [7, 11) is 0. The number of para-hydroxylation sites is 1. The molecule has 1 aliphatic carbocycles. The van der Waals surface area contributed by atoms with E-state index in [0.717, 1.165) is 18.5 Å². The van der Waals surface area contributed by atoms with Crippen LogP contribution in [-0.4, -0.2) is 52.8 Å². The molecule has 28 heavy (non-hydrogen) atoms. The Labute approximate surface area is 162 Å². The largest absolute Gasteiger partial charge is 0.378 e. The second kappa shape index (κ2) is 7.93. The lowest BCUT2D eigenvalue weighted by Crippen LogP contribution is -2.41. The molecule has 0 bridgehead atoms. The van der Waals surface area contributed by atoms with Gasteiger partial charge in [0.15, 0.2) is 0 Å². The van der Waals surface area contributed by atoms with Crippen LogP contribution in [0.25, 0.3) is 0 Å². The van der Waals surface area contributed by atoms with E-state index in [1.165, 1.54) is 10.7 Å². The average Bonchev–Trinajstić information content (AvgIpc) is 3.55. The Kier molecular flexibility index (Phi) is 5.21. The summed E-state index contributed by atoms with van der Waals surface area (Å²) in [6.07, 6.45) is 2.13. The molecule has 0 atom stereocenters. The first-order valence-electron chi connectivity index (χ1n) is 9.46. The summed E-state index contributed by atoms with van der Waals surface area (Å²) in [4.78, 5) is 39.1. The van der Waals surface area contributed by atoms with Gasteiger partial charge in [-0.15, -0.1) is 0 Å². The maximum atomic E-state index is 12.8. The van der Waals surface area contributed by atoms with E-state index in [1.807, 2.05) is 0 Å². The Balaban J connectivity index is 1.48. The lowest BCUT2D eigenvalue weighted by Gasteiger charge is -2.27. The van der Waals surface area contributed by atoms with Crippen LogP contribution in [0.4, 0.5) is 5.69 Å². The molecule has 1 saturated carbocycles. The Morgan fingerprint density at radius 1 is 1.11 bits per heavy atom. The van der Waals surface area contributed by atoms with Crippen molar-refractivity contribution in [3.63, 3.8) is 0 Å². The van der Waals surface area contributed by atoms with Gasteiger partial charge in [-0.1, -0.05) is 12.1 Å². The highest BCUT2D eigenvalue weighted by Crippen LogP contribution is 2.38. The van der Waals surface area contributed by atoms with Crippen LogP contribution in [0.15, 0.2) is 41.2 Å². The van der Waals surface area contributed by atoms with Crippen molar-refractivity contribution in [2.45, 2.75) is 25.3 Å². The molecule has 146 valence electrons. The molecule has 2 aromatic rings. The zero-order chi connectivity index (χ0) is 19.5. The summed E-state index contributed by atoms with van der Waals surface area (Å²) >= 11 is 0. The second-order valence-electron chi connectivity index (χ2n) is 7.03. The smallest absolute Gasteiger partial charge is 0.267 e. The summed E-state index contributed by atoms with van der Waals surface area (Å²) < 4.78 is 6.46. The molecule has 0 unspecified atom stereocenters. The molecule has 8 nitrogen and oxygen atoms in total. The van der Waals surface area contributed by atoms with E-state index in [4.69, 9.17) is 4.74 Å². The zero-order valence-electron chi connectivity index (χ0n) is 15.5. The van der Waals surface area contributed by atoms with Crippen molar-refractivity contribution in [2.75, 3.05) is 31.6 Å². The molecule has 2 amide bonds. The van der Waals surface area contributed by atoms with E-state index in [2.05, 4.69) is 10.4 Å². The number of ether oxygens (including phenoxy) is 1. The van der Waals surface area contributed by atoms with Crippen LogP contribution >= 0.6 is 0 Å². The van der Waals surface area contributed by atoms with Gasteiger partial charge in [0.25, 0.3) is 11.5 Å². The summed E-state index contributed by atoms with van der Waals surface area (Å²) in [6, 6.07) is 10.1. The SMILES string of the molecule is O=C(Cn1nc(C2CC2)ccc1=O)Nc1ccccc1C(=O)N1CCOCC1. The van der Waals surface area contributed by atoms with Crippen LogP contribution in [0.1, 0.15) is 34.8 Å². The molecule has 2 heterocycles. The van der Waals surface area contributed by atoms with Crippen molar-refractivity contribution in [1.82, 2.24) is 14.7 Å². The molecule has 1 saturated heterocycles. The van der Waals surface area contributed by atoms with Crippen molar-refractivity contribution in [3.8, 4) is 0 Å². The molecular formula is C20H22N4O4. The topological polar surface area (TPSA) is 93.5 Å². The molecule has 4 rings (SSSR count). The molecule has 1 aliphatic heterocycles. The Bertz CT molecular complexity index is 945. The van der Waals surface area contributed by atoms with Gasteiger partial charge >= 0.3 is 0 Å². The fourth-order valence-electron chi connectivity index (χ4n) is 3.22. The normalized spacial score (nSPS) is 16.6. The van der Waals surface area contributed by atoms with Crippen LogP contribution in [-0.2, 0) is 16.1 Å². The fraction of sp³-hybridized carbons (Fsp3) is 0.400. The summed E-state index contributed by atoms with van der Waals surface area (Å²) in [5.41, 5.74) is 1.37. The number of rotatable bonds is 5. The summed E-state index contributed by atoms with van der Waals surface area (Å²) in [5, 5.41) is 7.05. The van der Waals surface area contributed by atoms with Crippen LogP contribution in [0.5, 0.6) is 0 Å². The van der Waals surface area contributed by atoms with Gasteiger partial charge in [0, 0.05) is 25.1 Å². The molecule has 1 aromatic carbocycles. The number of morpholine rings is 1. The minimum Gasteiger partial charge on any atom is -0.378 e. The lowest BCUT2D eigenvalue weighted by molar-refractivity contribution is -0.117. The quantitative estimate of drug-likeness (QED) is 0.840. The number of carbonyl (C=O) groups is 2. The van der Waals surface area contributed by atoms with Gasteiger partial charge in [-0.05, 0) is 31.0 Å². The third-order valence-corrected chi connectivity index (χ3v) is 4.91. The van der Waals surface area contributed by atoms with Crippen LogP contribution < -0.4 is 10.9 Å². The standard InChI is InChI=1S/C20H22N4O4/c25-18(13-24-19(26)8-7-16(22-24)14-5-6-14)21-17-4-2-1-3-15(17)20(27)23-9-11-28-12-10-23/h1-4,7-8,14H,5-6,9-13H2,(H,21,25). The van der Waals surface area contributed by atoms with Gasteiger partial charge in [0.1, 0.15) is 6.54 Å². The van der Waals surface area contributed by atoms with Gasteiger partial charge in [-0.2, -0.15) is 5.10 Å². The number of anilines is 1. The molecule has 8 heteroatoms. The Morgan fingerprint density at radius 3 is 2.61 bits per heavy atom. The van der Waals surface area contributed by atoms with Gasteiger partial charge in [0.2, 0.25) is 5.91 Å². The maximum absolute atomic E-state index is 12.8. The van der Waals surface area contributed by atoms with Gasteiger partial charge in [-0.25, -0.2) is 4.68 Å². The predicted octanol–water partition coefficient (Wildman–Crippen LogP) is 1.23. The minimum absolute atomic E-state index is 0.148. The van der Waals surface area contributed by atoms with E-state index < -0.39 is 5.91 Å². The predicted molar refractivity (Wildman–Crippen MR) is 102 cm³/mol. The highest BCUT2D eigenvalue weighted by atomic mass is 16.5. The van der Waals surface area contributed by atoms with E-state index in [9.17, 15) is 14.4 Å². The summed E-state index contributed by atoms with van der Waals surface area (Å²) in [6.45, 7) is 1.86. The van der Waals surface area contributed by atoms with Gasteiger partial charge in [-0.3, -0.25) is 14.4 Å². The van der Waals surface area contributed by atoms with E-state index in [1.54, 1.807) is 35.2 Å². The zero-order valence-corrected chi connectivity index (χ0v) is 15.5. The average molecular weight is 382 g/mol. The maximum Gasteiger partial charge on any atom is 0.267 e. The number of amides is 2. The Hall–Kier alpha value is -3.00.